The number of carboxylic acids is 1. The van der Waals surface area contributed by atoms with Crippen molar-refractivity contribution in [2.24, 2.45) is 5.92 Å². The Morgan fingerprint density at radius 1 is 1.50 bits per heavy atom. The smallest absolute Gasteiger partial charge is 0.310 e. The van der Waals surface area contributed by atoms with Crippen LogP contribution in [0, 0.1) is 5.92 Å². The summed E-state index contributed by atoms with van der Waals surface area (Å²) in [5.41, 5.74) is 0. The van der Waals surface area contributed by atoms with Crippen molar-refractivity contribution < 1.29 is 23.1 Å². The summed E-state index contributed by atoms with van der Waals surface area (Å²) < 4.78 is 27.1. The third-order valence-electron chi connectivity index (χ3n) is 2.75. The Labute approximate surface area is 95.1 Å². The van der Waals surface area contributed by atoms with Crippen molar-refractivity contribution in [3.8, 4) is 0 Å². The lowest BCUT2D eigenvalue weighted by Crippen LogP contribution is -2.42. The molecule has 0 aromatic rings. The van der Waals surface area contributed by atoms with Gasteiger partial charge in [-0.1, -0.05) is 0 Å². The van der Waals surface area contributed by atoms with Gasteiger partial charge in [0.2, 0.25) is 0 Å². The van der Waals surface area contributed by atoms with Gasteiger partial charge in [-0.15, -0.1) is 0 Å². The van der Waals surface area contributed by atoms with Crippen molar-refractivity contribution in [1.29, 1.82) is 0 Å². The zero-order chi connectivity index (χ0) is 12.3. The fraction of sp³-hybridized carbons (Fsp3) is 0.889. The largest absolute Gasteiger partial charge is 0.481 e. The second-order valence-corrected chi connectivity index (χ2v) is 6.42. The number of rotatable bonds is 5. The van der Waals surface area contributed by atoms with E-state index >= 15 is 0 Å². The standard InChI is InChI=1S/C9H17NO5S/c1-10(3-4-16(2,13)14)8-6-15-5-7(8)9(11)12/h7-8H,3-6H2,1-2H3,(H,11,12). The maximum absolute atomic E-state index is 11.0. The van der Waals surface area contributed by atoms with Crippen molar-refractivity contribution in [2.45, 2.75) is 6.04 Å². The molecule has 1 rings (SSSR count). The Morgan fingerprint density at radius 2 is 2.12 bits per heavy atom. The first kappa shape index (κ1) is 13.4. The van der Waals surface area contributed by atoms with E-state index < -0.39 is 21.7 Å². The average Bonchev–Trinajstić information content (AvgIpc) is 2.61. The minimum atomic E-state index is -3.02. The second-order valence-electron chi connectivity index (χ2n) is 4.16. The molecule has 94 valence electrons. The first-order valence-electron chi connectivity index (χ1n) is 5.00. The van der Waals surface area contributed by atoms with Crippen molar-refractivity contribution in [3.05, 3.63) is 0 Å². The van der Waals surface area contributed by atoms with Crippen LogP contribution >= 0.6 is 0 Å². The van der Waals surface area contributed by atoms with E-state index in [1.165, 1.54) is 6.26 Å². The number of hydrogen-bond acceptors (Lipinski definition) is 5. The first-order valence-corrected chi connectivity index (χ1v) is 7.06. The Kier molecular flexibility index (Phi) is 4.28. The Bertz CT molecular complexity index is 353. The van der Waals surface area contributed by atoms with Crippen molar-refractivity contribution in [1.82, 2.24) is 4.90 Å². The Hall–Kier alpha value is -0.660. The van der Waals surface area contributed by atoms with Gasteiger partial charge < -0.3 is 9.84 Å². The highest BCUT2D eigenvalue weighted by atomic mass is 32.2. The van der Waals surface area contributed by atoms with Gasteiger partial charge in [-0.25, -0.2) is 8.42 Å². The molecule has 6 nitrogen and oxygen atoms in total. The van der Waals surface area contributed by atoms with Gasteiger partial charge in [0.25, 0.3) is 0 Å². The Morgan fingerprint density at radius 3 is 2.62 bits per heavy atom. The van der Waals surface area contributed by atoms with Crippen LogP contribution in [-0.4, -0.2) is 69.3 Å². The molecule has 1 aliphatic rings. The molecule has 0 saturated carbocycles. The van der Waals surface area contributed by atoms with E-state index in [9.17, 15) is 13.2 Å². The van der Waals surface area contributed by atoms with Crippen LogP contribution in [-0.2, 0) is 19.4 Å². The Balaban J connectivity index is 2.53. The summed E-state index contributed by atoms with van der Waals surface area (Å²) in [6.45, 7) is 0.872. The van der Waals surface area contributed by atoms with Gasteiger partial charge in [-0.05, 0) is 7.05 Å². The van der Waals surface area contributed by atoms with E-state index in [1.54, 1.807) is 11.9 Å². The molecule has 1 aliphatic heterocycles. The summed E-state index contributed by atoms with van der Waals surface area (Å²) >= 11 is 0. The third kappa shape index (κ3) is 3.73. The maximum Gasteiger partial charge on any atom is 0.310 e. The first-order chi connectivity index (χ1) is 7.31. The molecule has 0 aromatic carbocycles. The molecule has 1 saturated heterocycles. The fourth-order valence-corrected chi connectivity index (χ4v) is 2.31. The molecule has 0 spiro atoms. The number of ether oxygens (including phenoxy) is 1. The van der Waals surface area contributed by atoms with Crippen LogP contribution < -0.4 is 0 Å². The van der Waals surface area contributed by atoms with Crippen molar-refractivity contribution >= 4 is 15.8 Å². The highest BCUT2D eigenvalue weighted by molar-refractivity contribution is 7.90. The number of nitrogens with zero attached hydrogens (tertiary/aromatic N) is 1. The number of aliphatic carboxylic acids is 1. The lowest BCUT2D eigenvalue weighted by Gasteiger charge is -2.25. The van der Waals surface area contributed by atoms with Crippen LogP contribution in [0.1, 0.15) is 0 Å². The lowest BCUT2D eigenvalue weighted by atomic mass is 10.0. The number of hydrogen-bond donors (Lipinski definition) is 1. The summed E-state index contributed by atoms with van der Waals surface area (Å²) in [6, 6.07) is -0.237. The topological polar surface area (TPSA) is 83.9 Å². The fourth-order valence-electron chi connectivity index (χ4n) is 1.69. The van der Waals surface area contributed by atoms with E-state index in [0.29, 0.717) is 13.2 Å². The van der Waals surface area contributed by atoms with Gasteiger partial charge >= 0.3 is 5.97 Å². The van der Waals surface area contributed by atoms with Crippen LogP contribution in [0.2, 0.25) is 0 Å². The SMILES string of the molecule is CN(CCS(C)(=O)=O)C1COCC1C(=O)O. The molecule has 0 bridgehead atoms. The van der Waals surface area contributed by atoms with Gasteiger partial charge in [0.05, 0.1) is 24.9 Å². The van der Waals surface area contributed by atoms with E-state index in [0.717, 1.165) is 0 Å². The zero-order valence-electron chi connectivity index (χ0n) is 9.42. The van der Waals surface area contributed by atoms with Gasteiger partial charge in [0, 0.05) is 18.8 Å². The van der Waals surface area contributed by atoms with Gasteiger partial charge in [-0.3, -0.25) is 9.69 Å². The lowest BCUT2D eigenvalue weighted by molar-refractivity contribution is -0.143. The van der Waals surface area contributed by atoms with Gasteiger partial charge in [0.1, 0.15) is 9.84 Å². The number of carboxylic acid groups (broad SMARTS) is 1. The zero-order valence-corrected chi connectivity index (χ0v) is 10.2. The van der Waals surface area contributed by atoms with Gasteiger partial charge in [0.15, 0.2) is 0 Å². The number of likely N-dealkylation sites (N-methyl/N-ethyl adjacent to an activating group) is 1. The van der Waals surface area contributed by atoms with E-state index in [1.807, 2.05) is 0 Å². The molecule has 7 heteroatoms. The molecule has 2 unspecified atom stereocenters. The molecule has 1 N–H and O–H groups in total. The summed E-state index contributed by atoms with van der Waals surface area (Å²) in [5, 5.41) is 8.94. The molecular weight excluding hydrogens is 234 g/mol. The van der Waals surface area contributed by atoms with Crippen molar-refractivity contribution in [2.75, 3.05) is 38.8 Å². The third-order valence-corrected chi connectivity index (χ3v) is 3.67. The highest BCUT2D eigenvalue weighted by Crippen LogP contribution is 2.18. The molecule has 0 amide bonds. The molecule has 1 fully saturated rings. The van der Waals surface area contributed by atoms with Crippen LogP contribution in [0.4, 0.5) is 0 Å². The maximum atomic E-state index is 11.0. The number of sulfone groups is 1. The minimum absolute atomic E-state index is 0.0341. The average molecular weight is 251 g/mol. The van der Waals surface area contributed by atoms with E-state index in [2.05, 4.69) is 0 Å². The van der Waals surface area contributed by atoms with Gasteiger partial charge in [-0.2, -0.15) is 0 Å². The summed E-state index contributed by atoms with van der Waals surface area (Å²) in [5.74, 6) is -1.43. The monoisotopic (exact) mass is 251 g/mol. The molecule has 2 atom stereocenters. The molecule has 1 heterocycles. The van der Waals surface area contributed by atoms with Crippen molar-refractivity contribution in [3.63, 3.8) is 0 Å². The van der Waals surface area contributed by atoms with E-state index in [-0.39, 0.29) is 18.4 Å². The van der Waals surface area contributed by atoms with Crippen LogP contribution in [0.15, 0.2) is 0 Å². The van der Waals surface area contributed by atoms with Crippen LogP contribution in [0.5, 0.6) is 0 Å². The molecule has 0 aliphatic carbocycles. The number of carbonyl (C=O) groups is 1. The minimum Gasteiger partial charge on any atom is -0.481 e. The summed E-state index contributed by atoms with van der Waals surface area (Å²) in [7, 11) is -1.29. The normalized spacial score (nSPS) is 26.2. The predicted octanol–water partition coefficient (Wildman–Crippen LogP) is -0.938. The predicted molar refractivity (Wildman–Crippen MR) is 58.1 cm³/mol. The highest BCUT2D eigenvalue weighted by Gasteiger charge is 2.36. The molecule has 0 radical (unpaired) electrons. The van der Waals surface area contributed by atoms with Crippen LogP contribution in [0.25, 0.3) is 0 Å². The summed E-state index contributed by atoms with van der Waals surface area (Å²) in [6.07, 6.45) is 1.17. The summed E-state index contributed by atoms with van der Waals surface area (Å²) in [4.78, 5) is 12.6. The quantitative estimate of drug-likeness (QED) is 0.679. The van der Waals surface area contributed by atoms with Crippen LogP contribution in [0.3, 0.4) is 0 Å². The second kappa shape index (κ2) is 5.11. The molecular formula is C9H17NO5S. The molecule has 0 aromatic heterocycles. The molecule has 16 heavy (non-hydrogen) atoms. The van der Waals surface area contributed by atoms with E-state index in [4.69, 9.17) is 9.84 Å².